The van der Waals surface area contributed by atoms with Crippen molar-refractivity contribution in [2.45, 2.75) is 56.8 Å². The van der Waals surface area contributed by atoms with Gasteiger partial charge in [-0.2, -0.15) is 18.3 Å². The molecule has 3 rings (SSSR count). The number of alkyl halides is 3. The molecule has 0 unspecified atom stereocenters. The van der Waals surface area contributed by atoms with Crippen LogP contribution in [0.2, 0.25) is 0 Å². The van der Waals surface area contributed by atoms with Crippen LogP contribution in [0.25, 0.3) is 0 Å². The van der Waals surface area contributed by atoms with Gasteiger partial charge in [-0.15, -0.1) is 0 Å². The van der Waals surface area contributed by atoms with E-state index in [1.165, 1.54) is 29.2 Å². The number of hydrogen-bond donors (Lipinski definition) is 3. The maximum absolute atomic E-state index is 12.8. The zero-order chi connectivity index (χ0) is 21.8. The van der Waals surface area contributed by atoms with Crippen LogP contribution in [0.3, 0.4) is 0 Å². The second-order valence-corrected chi connectivity index (χ2v) is 7.56. The molecule has 3 N–H and O–H groups in total. The number of amides is 2. The monoisotopic (exact) mass is 424 g/mol. The van der Waals surface area contributed by atoms with Crippen molar-refractivity contribution in [1.29, 1.82) is 0 Å². The van der Waals surface area contributed by atoms with Crippen LogP contribution < -0.4 is 10.6 Å². The van der Waals surface area contributed by atoms with Crippen LogP contribution in [0.15, 0.2) is 36.7 Å². The first-order chi connectivity index (χ1) is 14.1. The molecule has 0 radical (unpaired) electrons. The number of anilines is 2. The Morgan fingerprint density at radius 3 is 2.50 bits per heavy atom. The quantitative estimate of drug-likeness (QED) is 0.661. The van der Waals surface area contributed by atoms with Gasteiger partial charge in [0.15, 0.2) is 0 Å². The molecule has 10 heteroatoms. The van der Waals surface area contributed by atoms with Crippen LogP contribution in [0.4, 0.5) is 24.5 Å². The summed E-state index contributed by atoms with van der Waals surface area (Å²) in [6.45, 7) is -0.240. The lowest BCUT2D eigenvalue weighted by molar-refractivity contribution is -0.137. The van der Waals surface area contributed by atoms with Crippen LogP contribution in [-0.4, -0.2) is 32.3 Å². The molecule has 2 aromatic rings. The van der Waals surface area contributed by atoms with E-state index in [4.69, 9.17) is 0 Å². The SMILES string of the molecule is O=C(Cn1cc(NC(=O)CC2(O)CCCCC2)cn1)Nc1cccc(C(F)(F)F)c1. The first kappa shape index (κ1) is 21.8. The molecular formula is C20H23F3N4O3. The minimum absolute atomic E-state index is 0.00574. The van der Waals surface area contributed by atoms with E-state index in [-0.39, 0.29) is 24.6 Å². The van der Waals surface area contributed by atoms with Crippen LogP contribution in [-0.2, 0) is 22.3 Å². The van der Waals surface area contributed by atoms with Crippen molar-refractivity contribution in [2.75, 3.05) is 10.6 Å². The lowest BCUT2D eigenvalue weighted by Crippen LogP contribution is -2.35. The standard InChI is InChI=1S/C20H23F3N4O3/c21-20(22,23)14-5-4-6-15(9-14)25-18(29)13-27-12-16(11-24-27)26-17(28)10-19(30)7-2-1-3-8-19/h4-6,9,11-12,30H,1-3,7-8,10,13H2,(H,25,29)(H,26,28). The molecule has 1 heterocycles. The molecule has 1 aliphatic rings. The molecule has 1 aromatic carbocycles. The molecule has 30 heavy (non-hydrogen) atoms. The highest BCUT2D eigenvalue weighted by molar-refractivity contribution is 5.92. The molecular weight excluding hydrogens is 401 g/mol. The largest absolute Gasteiger partial charge is 0.416 e. The second kappa shape index (κ2) is 8.86. The number of rotatable bonds is 6. The summed E-state index contributed by atoms with van der Waals surface area (Å²) in [5, 5.41) is 19.5. The highest BCUT2D eigenvalue weighted by Gasteiger charge is 2.32. The maximum Gasteiger partial charge on any atom is 0.416 e. The number of nitrogens with zero attached hydrogens (tertiary/aromatic N) is 2. The van der Waals surface area contributed by atoms with Gasteiger partial charge < -0.3 is 15.7 Å². The molecule has 1 aromatic heterocycles. The Balaban J connectivity index is 1.52. The Kier molecular flexibility index (Phi) is 6.45. The van der Waals surface area contributed by atoms with Crippen molar-refractivity contribution >= 4 is 23.2 Å². The predicted molar refractivity (Wildman–Crippen MR) is 104 cm³/mol. The summed E-state index contributed by atoms with van der Waals surface area (Å²) in [5.41, 5.74) is -1.45. The molecule has 0 bridgehead atoms. The van der Waals surface area contributed by atoms with Gasteiger partial charge in [0.05, 0.1) is 29.5 Å². The number of benzene rings is 1. The Labute approximate surface area is 171 Å². The summed E-state index contributed by atoms with van der Waals surface area (Å²) in [5.74, 6) is -0.904. The minimum atomic E-state index is -4.50. The molecule has 0 saturated heterocycles. The fourth-order valence-electron chi connectivity index (χ4n) is 3.53. The zero-order valence-corrected chi connectivity index (χ0v) is 16.2. The van der Waals surface area contributed by atoms with Gasteiger partial charge in [0.2, 0.25) is 11.8 Å². The van der Waals surface area contributed by atoms with Gasteiger partial charge in [0.25, 0.3) is 0 Å². The molecule has 0 atom stereocenters. The van der Waals surface area contributed by atoms with E-state index in [9.17, 15) is 27.9 Å². The van der Waals surface area contributed by atoms with Crippen molar-refractivity contribution in [3.05, 3.63) is 42.2 Å². The third-order valence-electron chi connectivity index (χ3n) is 4.97. The van der Waals surface area contributed by atoms with Gasteiger partial charge in [-0.25, -0.2) is 0 Å². The van der Waals surface area contributed by atoms with Gasteiger partial charge in [-0.3, -0.25) is 14.3 Å². The van der Waals surface area contributed by atoms with Crippen molar-refractivity contribution in [2.24, 2.45) is 0 Å². The van der Waals surface area contributed by atoms with Gasteiger partial charge in [-0.05, 0) is 31.0 Å². The van der Waals surface area contributed by atoms with E-state index in [0.29, 0.717) is 18.5 Å². The summed E-state index contributed by atoms with van der Waals surface area (Å²) in [6, 6.07) is 4.34. The van der Waals surface area contributed by atoms with Crippen molar-refractivity contribution < 1.29 is 27.9 Å². The number of hydrogen-bond acceptors (Lipinski definition) is 4. The predicted octanol–water partition coefficient (Wildman–Crippen LogP) is 3.56. The summed E-state index contributed by atoms with van der Waals surface area (Å²) in [6.07, 6.45) is 2.32. The molecule has 162 valence electrons. The highest BCUT2D eigenvalue weighted by Crippen LogP contribution is 2.31. The summed E-state index contributed by atoms with van der Waals surface area (Å²) in [7, 11) is 0. The smallest absolute Gasteiger partial charge is 0.389 e. The van der Waals surface area contributed by atoms with E-state index >= 15 is 0 Å². The van der Waals surface area contributed by atoms with E-state index in [2.05, 4.69) is 15.7 Å². The van der Waals surface area contributed by atoms with Crippen molar-refractivity contribution in [3.63, 3.8) is 0 Å². The first-order valence-corrected chi connectivity index (χ1v) is 9.65. The minimum Gasteiger partial charge on any atom is -0.389 e. The molecule has 1 fully saturated rings. The number of aliphatic hydroxyl groups is 1. The Morgan fingerprint density at radius 2 is 1.80 bits per heavy atom. The van der Waals surface area contributed by atoms with Crippen LogP contribution >= 0.6 is 0 Å². The summed E-state index contributed by atoms with van der Waals surface area (Å²) >= 11 is 0. The van der Waals surface area contributed by atoms with E-state index < -0.39 is 23.2 Å². The molecule has 1 saturated carbocycles. The van der Waals surface area contributed by atoms with Crippen LogP contribution in [0.1, 0.15) is 44.1 Å². The number of nitrogens with one attached hydrogen (secondary N) is 2. The summed E-state index contributed by atoms with van der Waals surface area (Å²) in [4.78, 5) is 24.3. The zero-order valence-electron chi connectivity index (χ0n) is 16.2. The number of carbonyl (C=O) groups is 2. The molecule has 0 aliphatic heterocycles. The van der Waals surface area contributed by atoms with E-state index in [1.807, 2.05) is 0 Å². The average Bonchev–Trinajstić information content (AvgIpc) is 3.07. The lowest BCUT2D eigenvalue weighted by Gasteiger charge is -2.31. The van der Waals surface area contributed by atoms with Gasteiger partial charge in [0, 0.05) is 11.9 Å². The topological polar surface area (TPSA) is 96.2 Å². The first-order valence-electron chi connectivity index (χ1n) is 9.65. The molecule has 1 aliphatic carbocycles. The molecule has 7 nitrogen and oxygen atoms in total. The third kappa shape index (κ3) is 6.06. The maximum atomic E-state index is 12.8. The Morgan fingerprint density at radius 1 is 1.10 bits per heavy atom. The highest BCUT2D eigenvalue weighted by atomic mass is 19.4. The molecule has 0 spiro atoms. The lowest BCUT2D eigenvalue weighted by atomic mass is 9.82. The van der Waals surface area contributed by atoms with Gasteiger partial charge >= 0.3 is 6.18 Å². The van der Waals surface area contributed by atoms with Crippen molar-refractivity contribution in [3.8, 4) is 0 Å². The second-order valence-electron chi connectivity index (χ2n) is 7.56. The van der Waals surface area contributed by atoms with Crippen molar-refractivity contribution in [1.82, 2.24) is 9.78 Å². The van der Waals surface area contributed by atoms with Crippen LogP contribution in [0.5, 0.6) is 0 Å². The average molecular weight is 424 g/mol. The Hall–Kier alpha value is -2.88. The van der Waals surface area contributed by atoms with Gasteiger partial charge in [-0.1, -0.05) is 25.3 Å². The number of halogens is 3. The normalized spacial score (nSPS) is 16.1. The van der Waals surface area contributed by atoms with Gasteiger partial charge in [0.1, 0.15) is 6.54 Å². The summed E-state index contributed by atoms with van der Waals surface area (Å²) < 4.78 is 39.5. The fourth-order valence-corrected chi connectivity index (χ4v) is 3.53. The number of carbonyl (C=O) groups excluding carboxylic acids is 2. The van der Waals surface area contributed by atoms with E-state index in [1.54, 1.807) is 0 Å². The Bertz CT molecular complexity index is 905. The fraction of sp³-hybridized carbons (Fsp3) is 0.450. The molecule has 2 amide bonds. The number of aromatic nitrogens is 2. The third-order valence-corrected chi connectivity index (χ3v) is 4.97. The van der Waals surface area contributed by atoms with Crippen LogP contribution in [0, 0.1) is 0 Å². The van der Waals surface area contributed by atoms with E-state index in [0.717, 1.165) is 31.4 Å².